The lowest BCUT2D eigenvalue weighted by molar-refractivity contribution is -0.130. The number of ketones is 1. The van der Waals surface area contributed by atoms with E-state index in [1.807, 2.05) is 30.3 Å². The third-order valence-electron chi connectivity index (χ3n) is 4.76. The molecule has 0 fully saturated rings. The molecular weight excluding hydrogens is 370 g/mol. The minimum atomic E-state index is -0.698. The molecule has 1 unspecified atom stereocenters. The summed E-state index contributed by atoms with van der Waals surface area (Å²) in [7, 11) is 3.10. The van der Waals surface area contributed by atoms with Gasteiger partial charge in [0.2, 0.25) is 0 Å². The molecule has 6 nitrogen and oxygen atoms in total. The van der Waals surface area contributed by atoms with E-state index in [1.165, 1.54) is 18.1 Å². The van der Waals surface area contributed by atoms with Gasteiger partial charge >= 0.3 is 0 Å². The second-order valence-corrected chi connectivity index (χ2v) is 6.54. The Balaban J connectivity index is 1.97. The number of hydrogen-bond acceptors (Lipinski definition) is 5. The van der Waals surface area contributed by atoms with Gasteiger partial charge in [0.1, 0.15) is 5.75 Å². The number of carbonyl (C=O) groups is 2. The highest BCUT2D eigenvalue weighted by Gasteiger charge is 2.42. The predicted molar refractivity (Wildman–Crippen MR) is 109 cm³/mol. The second-order valence-electron chi connectivity index (χ2n) is 6.54. The molecule has 1 aliphatic rings. The van der Waals surface area contributed by atoms with E-state index in [0.29, 0.717) is 11.3 Å². The van der Waals surface area contributed by atoms with Gasteiger partial charge in [-0.25, -0.2) is 0 Å². The standard InChI is InChI=1S/C23H23NO5/c1-28-15-14-24-21(17-9-11-18(29-2)12-10-17)20(22(26)23(24)27)19(25)13-8-16-6-4-3-5-7-16/h3-13,21,26H,14-15H2,1-2H3/b13-8+. The average molecular weight is 393 g/mol. The topological polar surface area (TPSA) is 76.1 Å². The predicted octanol–water partition coefficient (Wildman–Crippen LogP) is 3.32. The van der Waals surface area contributed by atoms with E-state index >= 15 is 0 Å². The lowest BCUT2D eigenvalue weighted by atomic mass is 9.95. The number of rotatable bonds is 8. The molecule has 29 heavy (non-hydrogen) atoms. The van der Waals surface area contributed by atoms with Crippen LogP contribution >= 0.6 is 0 Å². The summed E-state index contributed by atoms with van der Waals surface area (Å²) in [6.45, 7) is 0.530. The number of aliphatic hydroxyl groups excluding tert-OH is 1. The van der Waals surface area contributed by atoms with Crippen LogP contribution < -0.4 is 4.74 Å². The van der Waals surface area contributed by atoms with Crippen LogP contribution in [0.2, 0.25) is 0 Å². The molecule has 2 aromatic rings. The van der Waals surface area contributed by atoms with E-state index in [0.717, 1.165) is 5.56 Å². The van der Waals surface area contributed by atoms with Gasteiger partial charge in [0.25, 0.3) is 5.91 Å². The van der Waals surface area contributed by atoms with Crippen LogP contribution in [0.1, 0.15) is 17.2 Å². The highest BCUT2D eigenvalue weighted by atomic mass is 16.5. The highest BCUT2D eigenvalue weighted by Crippen LogP contribution is 2.38. The SMILES string of the molecule is COCCN1C(=O)C(O)=C(C(=O)/C=C/c2ccccc2)C1c1ccc(OC)cc1. The van der Waals surface area contributed by atoms with Gasteiger partial charge < -0.3 is 19.5 Å². The van der Waals surface area contributed by atoms with Crippen molar-refractivity contribution in [3.8, 4) is 5.75 Å². The summed E-state index contributed by atoms with van der Waals surface area (Å²) >= 11 is 0. The molecule has 0 radical (unpaired) electrons. The van der Waals surface area contributed by atoms with Crippen molar-refractivity contribution in [1.82, 2.24) is 4.90 Å². The highest BCUT2D eigenvalue weighted by molar-refractivity contribution is 6.14. The fraction of sp³-hybridized carbons (Fsp3) is 0.217. The molecule has 0 saturated carbocycles. The Morgan fingerprint density at radius 3 is 2.41 bits per heavy atom. The molecular formula is C23H23NO5. The summed E-state index contributed by atoms with van der Waals surface area (Å²) in [5.74, 6) is -0.865. The number of allylic oxidation sites excluding steroid dienone is 1. The number of hydrogen-bond donors (Lipinski definition) is 1. The molecule has 1 amide bonds. The van der Waals surface area contributed by atoms with E-state index < -0.39 is 23.5 Å². The summed E-state index contributed by atoms with van der Waals surface area (Å²) < 4.78 is 10.3. The quantitative estimate of drug-likeness (QED) is 0.697. The molecule has 0 spiro atoms. The lowest BCUT2D eigenvalue weighted by Gasteiger charge is -2.26. The van der Waals surface area contributed by atoms with Crippen molar-refractivity contribution in [3.63, 3.8) is 0 Å². The first-order valence-corrected chi connectivity index (χ1v) is 9.21. The Kier molecular flexibility index (Phi) is 6.46. The molecule has 1 aliphatic heterocycles. The lowest BCUT2D eigenvalue weighted by Crippen LogP contribution is -2.33. The van der Waals surface area contributed by atoms with Crippen molar-refractivity contribution in [2.24, 2.45) is 0 Å². The van der Waals surface area contributed by atoms with Crippen molar-refractivity contribution >= 4 is 17.8 Å². The van der Waals surface area contributed by atoms with E-state index in [9.17, 15) is 14.7 Å². The Labute approximate surface area is 169 Å². The molecule has 3 rings (SSSR count). The normalized spacial score (nSPS) is 16.7. The molecule has 0 bridgehead atoms. The Hall–Kier alpha value is -3.38. The fourth-order valence-corrected chi connectivity index (χ4v) is 3.28. The Morgan fingerprint density at radius 2 is 1.79 bits per heavy atom. The first-order valence-electron chi connectivity index (χ1n) is 9.21. The van der Waals surface area contributed by atoms with Crippen molar-refractivity contribution < 1.29 is 24.2 Å². The zero-order chi connectivity index (χ0) is 20.8. The van der Waals surface area contributed by atoms with Crippen LogP contribution in [0.15, 0.2) is 72.0 Å². The van der Waals surface area contributed by atoms with Crippen LogP contribution in [0.3, 0.4) is 0 Å². The van der Waals surface area contributed by atoms with Gasteiger partial charge in [0.15, 0.2) is 11.5 Å². The molecule has 0 aromatic heterocycles. The molecule has 1 atom stereocenters. The van der Waals surface area contributed by atoms with Gasteiger partial charge in [-0.05, 0) is 29.3 Å². The van der Waals surface area contributed by atoms with Crippen molar-refractivity contribution in [3.05, 3.63) is 83.1 Å². The van der Waals surface area contributed by atoms with Crippen LogP contribution in [-0.4, -0.2) is 49.1 Å². The van der Waals surface area contributed by atoms with Gasteiger partial charge in [-0.15, -0.1) is 0 Å². The third-order valence-corrected chi connectivity index (χ3v) is 4.76. The number of nitrogens with zero attached hydrogens (tertiary/aromatic N) is 1. The molecule has 2 aromatic carbocycles. The van der Waals surface area contributed by atoms with Crippen molar-refractivity contribution in [2.75, 3.05) is 27.4 Å². The number of amides is 1. The maximum Gasteiger partial charge on any atom is 0.290 e. The maximum atomic E-state index is 13.0. The zero-order valence-corrected chi connectivity index (χ0v) is 16.4. The number of ether oxygens (including phenoxy) is 2. The average Bonchev–Trinajstić information content (AvgIpc) is 3.01. The summed E-state index contributed by atoms with van der Waals surface area (Å²) in [6, 6.07) is 15.7. The van der Waals surface area contributed by atoms with Gasteiger partial charge in [0, 0.05) is 13.7 Å². The Morgan fingerprint density at radius 1 is 1.10 bits per heavy atom. The fourth-order valence-electron chi connectivity index (χ4n) is 3.28. The van der Waals surface area contributed by atoms with Crippen LogP contribution in [0, 0.1) is 0 Å². The van der Waals surface area contributed by atoms with Gasteiger partial charge in [-0.3, -0.25) is 9.59 Å². The molecule has 1 N–H and O–H groups in total. The summed E-state index contributed by atoms with van der Waals surface area (Å²) in [6.07, 6.45) is 3.04. The van der Waals surface area contributed by atoms with E-state index in [4.69, 9.17) is 9.47 Å². The van der Waals surface area contributed by atoms with Crippen LogP contribution in [0.5, 0.6) is 5.75 Å². The summed E-state index contributed by atoms with van der Waals surface area (Å²) in [4.78, 5) is 27.1. The molecule has 0 aliphatic carbocycles. The monoisotopic (exact) mass is 393 g/mol. The van der Waals surface area contributed by atoms with Crippen LogP contribution in [0.4, 0.5) is 0 Å². The summed E-state index contributed by atoms with van der Waals surface area (Å²) in [5.41, 5.74) is 1.61. The maximum absolute atomic E-state index is 13.0. The minimum absolute atomic E-state index is 0.0588. The van der Waals surface area contributed by atoms with Crippen molar-refractivity contribution in [1.29, 1.82) is 0 Å². The molecule has 0 saturated heterocycles. The first kappa shape index (κ1) is 20.4. The van der Waals surface area contributed by atoms with E-state index in [1.54, 1.807) is 37.5 Å². The molecule has 150 valence electrons. The number of carbonyl (C=O) groups excluding carboxylic acids is 2. The van der Waals surface area contributed by atoms with Crippen LogP contribution in [-0.2, 0) is 14.3 Å². The van der Waals surface area contributed by atoms with Gasteiger partial charge in [-0.2, -0.15) is 0 Å². The molecule has 1 heterocycles. The van der Waals surface area contributed by atoms with Crippen molar-refractivity contribution in [2.45, 2.75) is 6.04 Å². The zero-order valence-electron chi connectivity index (χ0n) is 16.4. The largest absolute Gasteiger partial charge is 0.503 e. The second kappa shape index (κ2) is 9.21. The van der Waals surface area contributed by atoms with Crippen LogP contribution in [0.25, 0.3) is 6.08 Å². The number of benzene rings is 2. The number of methoxy groups -OCH3 is 2. The van der Waals surface area contributed by atoms with Gasteiger partial charge in [-0.1, -0.05) is 48.5 Å². The summed E-state index contributed by atoms with van der Waals surface area (Å²) in [5, 5.41) is 10.5. The smallest absolute Gasteiger partial charge is 0.290 e. The van der Waals surface area contributed by atoms with Gasteiger partial charge in [0.05, 0.1) is 25.3 Å². The minimum Gasteiger partial charge on any atom is -0.503 e. The third kappa shape index (κ3) is 4.38. The van der Waals surface area contributed by atoms with E-state index in [-0.39, 0.29) is 18.7 Å². The number of aliphatic hydroxyl groups is 1. The van der Waals surface area contributed by atoms with E-state index in [2.05, 4.69) is 0 Å². The first-order chi connectivity index (χ1) is 14.1. The Bertz CT molecular complexity index is 932. The molecule has 6 heteroatoms.